The molecule has 2 rings (SSSR count). The van der Waals surface area contributed by atoms with Crippen LogP contribution in [0.25, 0.3) is 0 Å². The number of aryl methyl sites for hydroxylation is 1. The van der Waals surface area contributed by atoms with Crippen LogP contribution in [0.4, 0.5) is 0 Å². The van der Waals surface area contributed by atoms with E-state index in [1.165, 1.54) is 14.2 Å². The lowest BCUT2D eigenvalue weighted by Gasteiger charge is -2.21. The third-order valence-corrected chi connectivity index (χ3v) is 2.80. The molecular formula is C13H16O5. The van der Waals surface area contributed by atoms with E-state index in [9.17, 15) is 4.79 Å². The van der Waals surface area contributed by atoms with E-state index >= 15 is 0 Å². The Balaban J connectivity index is 2.36. The fourth-order valence-corrected chi connectivity index (χ4v) is 1.89. The van der Waals surface area contributed by atoms with Crippen molar-refractivity contribution in [2.45, 2.75) is 13.2 Å². The van der Waals surface area contributed by atoms with E-state index in [-0.39, 0.29) is 5.78 Å². The summed E-state index contributed by atoms with van der Waals surface area (Å²) in [5, 5.41) is 0. The van der Waals surface area contributed by atoms with Gasteiger partial charge in [-0.15, -0.1) is 0 Å². The number of ketones is 1. The molecule has 0 atom stereocenters. The summed E-state index contributed by atoms with van der Waals surface area (Å²) < 4.78 is 20.9. The van der Waals surface area contributed by atoms with E-state index < -0.39 is 6.29 Å². The molecule has 0 saturated carbocycles. The van der Waals surface area contributed by atoms with Gasteiger partial charge in [0.15, 0.2) is 11.5 Å². The summed E-state index contributed by atoms with van der Waals surface area (Å²) in [6.07, 6.45) is -0.897. The van der Waals surface area contributed by atoms with Crippen molar-refractivity contribution >= 4 is 5.78 Å². The molecule has 5 nitrogen and oxygen atoms in total. The molecule has 0 aliphatic carbocycles. The second-order valence-corrected chi connectivity index (χ2v) is 3.98. The number of Topliss-reactive ketones (excluding diaryl/α,β-unsaturated/α-hetero) is 1. The molecule has 0 amide bonds. The second-order valence-electron chi connectivity index (χ2n) is 3.98. The predicted octanol–water partition coefficient (Wildman–Crippen LogP) is 1.57. The number of hydrogen-bond acceptors (Lipinski definition) is 5. The molecule has 18 heavy (non-hydrogen) atoms. The smallest absolute Gasteiger partial charge is 0.222 e. The lowest BCUT2D eigenvalue weighted by molar-refractivity contribution is -0.0742. The average Bonchev–Trinajstić information content (AvgIpc) is 2.39. The zero-order valence-electron chi connectivity index (χ0n) is 10.7. The van der Waals surface area contributed by atoms with Crippen molar-refractivity contribution in [3.8, 4) is 11.5 Å². The molecule has 98 valence electrons. The molecule has 1 heterocycles. The van der Waals surface area contributed by atoms with Crippen LogP contribution in [0.3, 0.4) is 0 Å². The van der Waals surface area contributed by atoms with Crippen molar-refractivity contribution in [3.63, 3.8) is 0 Å². The van der Waals surface area contributed by atoms with E-state index in [2.05, 4.69) is 0 Å². The molecule has 0 unspecified atom stereocenters. The van der Waals surface area contributed by atoms with Crippen molar-refractivity contribution < 1.29 is 23.7 Å². The number of carbonyl (C=O) groups is 1. The Labute approximate surface area is 106 Å². The minimum atomic E-state index is -0.897. The van der Waals surface area contributed by atoms with Gasteiger partial charge in [0.05, 0.1) is 0 Å². The van der Waals surface area contributed by atoms with Crippen LogP contribution in [-0.2, 0) is 9.47 Å². The Morgan fingerprint density at radius 1 is 1.17 bits per heavy atom. The Hall–Kier alpha value is -1.59. The number of carbonyl (C=O) groups excluding carboxylic acids is 1. The lowest BCUT2D eigenvalue weighted by atomic mass is 10.0. The first-order valence-corrected chi connectivity index (χ1v) is 5.67. The van der Waals surface area contributed by atoms with Crippen LogP contribution < -0.4 is 9.47 Å². The van der Waals surface area contributed by atoms with E-state index in [1.807, 2.05) is 6.92 Å². The van der Waals surface area contributed by atoms with E-state index in [4.69, 9.17) is 18.9 Å². The van der Waals surface area contributed by atoms with Crippen LogP contribution in [0.5, 0.6) is 11.5 Å². The van der Waals surface area contributed by atoms with Crippen molar-refractivity contribution in [1.82, 2.24) is 0 Å². The van der Waals surface area contributed by atoms with Gasteiger partial charge in [0, 0.05) is 19.8 Å². The van der Waals surface area contributed by atoms with E-state index in [0.717, 1.165) is 5.56 Å². The highest BCUT2D eigenvalue weighted by atomic mass is 16.7. The Morgan fingerprint density at radius 3 is 2.28 bits per heavy atom. The predicted molar refractivity (Wildman–Crippen MR) is 64.3 cm³/mol. The minimum Gasteiger partial charge on any atom is -0.486 e. The molecule has 0 aromatic heterocycles. The molecule has 0 saturated heterocycles. The number of methoxy groups -OCH3 is 2. The summed E-state index contributed by atoms with van der Waals surface area (Å²) in [5.41, 5.74) is 1.33. The zero-order valence-corrected chi connectivity index (χ0v) is 10.7. The summed E-state index contributed by atoms with van der Waals surface area (Å²) in [7, 11) is 2.86. The molecular weight excluding hydrogens is 236 g/mol. The minimum absolute atomic E-state index is 0.227. The van der Waals surface area contributed by atoms with Crippen LogP contribution >= 0.6 is 0 Å². The monoisotopic (exact) mass is 252 g/mol. The third kappa shape index (κ3) is 2.32. The normalized spacial score (nSPS) is 13.8. The van der Waals surface area contributed by atoms with Gasteiger partial charge in [-0.05, 0) is 24.6 Å². The van der Waals surface area contributed by atoms with Crippen molar-refractivity contribution in [1.29, 1.82) is 0 Å². The standard InChI is InChI=1S/C13H16O5/c1-8-6-10-11(18-5-4-17-10)7-9(8)12(14)13(15-2)16-3/h6-7,13H,4-5H2,1-3H3. The molecule has 0 N–H and O–H groups in total. The summed E-state index contributed by atoms with van der Waals surface area (Å²) in [6.45, 7) is 2.86. The summed E-state index contributed by atoms with van der Waals surface area (Å²) in [6, 6.07) is 3.47. The van der Waals surface area contributed by atoms with Gasteiger partial charge in [0.2, 0.25) is 12.1 Å². The number of rotatable bonds is 4. The second kappa shape index (κ2) is 5.37. The Kier molecular flexibility index (Phi) is 3.84. The molecule has 0 radical (unpaired) electrons. The molecule has 1 aromatic carbocycles. The van der Waals surface area contributed by atoms with Gasteiger partial charge in [-0.1, -0.05) is 0 Å². The van der Waals surface area contributed by atoms with Crippen molar-refractivity contribution in [2.24, 2.45) is 0 Å². The molecule has 1 aliphatic rings. The quantitative estimate of drug-likeness (QED) is 0.601. The summed E-state index contributed by atoms with van der Waals surface area (Å²) in [5.74, 6) is 1.03. The molecule has 5 heteroatoms. The van der Waals surface area contributed by atoms with Crippen LogP contribution in [0.1, 0.15) is 15.9 Å². The highest BCUT2D eigenvalue weighted by Crippen LogP contribution is 2.33. The highest BCUT2D eigenvalue weighted by Gasteiger charge is 2.23. The Morgan fingerprint density at radius 2 is 1.72 bits per heavy atom. The fraction of sp³-hybridized carbons (Fsp3) is 0.462. The first-order chi connectivity index (χ1) is 8.67. The maximum absolute atomic E-state index is 12.2. The van der Waals surface area contributed by atoms with Gasteiger partial charge in [-0.2, -0.15) is 0 Å². The summed E-state index contributed by atoms with van der Waals surface area (Å²) in [4.78, 5) is 12.2. The largest absolute Gasteiger partial charge is 0.486 e. The third-order valence-electron chi connectivity index (χ3n) is 2.80. The lowest BCUT2D eigenvalue weighted by Crippen LogP contribution is -2.26. The number of ether oxygens (including phenoxy) is 4. The SMILES string of the molecule is COC(OC)C(=O)c1cc2c(cc1C)OCCO2. The van der Waals surface area contributed by atoms with Crippen LogP contribution in [0, 0.1) is 6.92 Å². The maximum Gasteiger partial charge on any atom is 0.222 e. The van der Waals surface area contributed by atoms with Gasteiger partial charge < -0.3 is 18.9 Å². The topological polar surface area (TPSA) is 54.0 Å². The van der Waals surface area contributed by atoms with E-state index in [0.29, 0.717) is 30.3 Å². The highest BCUT2D eigenvalue weighted by molar-refractivity contribution is 6.00. The molecule has 0 fully saturated rings. The number of hydrogen-bond donors (Lipinski definition) is 0. The van der Waals surface area contributed by atoms with E-state index in [1.54, 1.807) is 12.1 Å². The van der Waals surface area contributed by atoms with Crippen molar-refractivity contribution in [3.05, 3.63) is 23.3 Å². The molecule has 0 bridgehead atoms. The van der Waals surface area contributed by atoms with Gasteiger partial charge in [-0.3, -0.25) is 4.79 Å². The number of fused-ring (bicyclic) bond motifs is 1. The Bertz CT molecular complexity index is 451. The molecule has 0 spiro atoms. The maximum atomic E-state index is 12.2. The van der Waals surface area contributed by atoms with Crippen LogP contribution in [0.2, 0.25) is 0 Å². The number of benzene rings is 1. The van der Waals surface area contributed by atoms with Gasteiger partial charge >= 0.3 is 0 Å². The first-order valence-electron chi connectivity index (χ1n) is 5.67. The molecule has 1 aliphatic heterocycles. The zero-order chi connectivity index (χ0) is 13.1. The fourth-order valence-electron chi connectivity index (χ4n) is 1.89. The average molecular weight is 252 g/mol. The van der Waals surface area contributed by atoms with Gasteiger partial charge in [0.25, 0.3) is 0 Å². The van der Waals surface area contributed by atoms with Gasteiger partial charge in [0.1, 0.15) is 13.2 Å². The molecule has 1 aromatic rings. The van der Waals surface area contributed by atoms with Crippen LogP contribution in [0.15, 0.2) is 12.1 Å². The first kappa shape index (κ1) is 12.9. The van der Waals surface area contributed by atoms with Crippen molar-refractivity contribution in [2.75, 3.05) is 27.4 Å². The van der Waals surface area contributed by atoms with Gasteiger partial charge in [-0.25, -0.2) is 0 Å². The summed E-state index contributed by atoms with van der Waals surface area (Å²) >= 11 is 0. The van der Waals surface area contributed by atoms with Crippen LogP contribution in [-0.4, -0.2) is 39.5 Å².